The number of anilines is 1. The van der Waals surface area contributed by atoms with Gasteiger partial charge in [0.05, 0.1) is 23.4 Å². The summed E-state index contributed by atoms with van der Waals surface area (Å²) >= 11 is 0. The SMILES string of the molecule is CCOc1cccc(CNc2c(C#N)cccc2C#N)c1. The highest BCUT2D eigenvalue weighted by molar-refractivity contribution is 5.66. The molecule has 0 spiro atoms. The summed E-state index contributed by atoms with van der Waals surface area (Å²) in [6, 6.07) is 17.0. The Kier molecular flexibility index (Phi) is 4.79. The van der Waals surface area contributed by atoms with Gasteiger partial charge in [-0.2, -0.15) is 10.5 Å². The Bertz CT molecular complexity index is 678. The van der Waals surface area contributed by atoms with Crippen LogP contribution in [0.2, 0.25) is 0 Å². The summed E-state index contributed by atoms with van der Waals surface area (Å²) in [5.41, 5.74) is 2.53. The third-order valence-corrected chi connectivity index (χ3v) is 2.98. The molecule has 4 nitrogen and oxygen atoms in total. The first-order valence-electron chi connectivity index (χ1n) is 6.67. The lowest BCUT2D eigenvalue weighted by Gasteiger charge is -2.11. The first-order chi connectivity index (χ1) is 10.3. The van der Waals surface area contributed by atoms with Crippen LogP contribution in [0, 0.1) is 22.7 Å². The Morgan fingerprint density at radius 2 is 1.71 bits per heavy atom. The van der Waals surface area contributed by atoms with E-state index in [1.165, 1.54) is 0 Å². The van der Waals surface area contributed by atoms with Crippen molar-refractivity contribution in [1.82, 2.24) is 0 Å². The van der Waals surface area contributed by atoms with Gasteiger partial charge in [0, 0.05) is 6.54 Å². The van der Waals surface area contributed by atoms with Crippen LogP contribution in [-0.4, -0.2) is 6.61 Å². The average Bonchev–Trinajstić information content (AvgIpc) is 2.53. The van der Waals surface area contributed by atoms with Crippen LogP contribution in [0.1, 0.15) is 23.6 Å². The van der Waals surface area contributed by atoms with Crippen molar-refractivity contribution in [3.05, 3.63) is 59.2 Å². The van der Waals surface area contributed by atoms with Gasteiger partial charge in [-0.3, -0.25) is 0 Å². The van der Waals surface area contributed by atoms with E-state index in [9.17, 15) is 0 Å². The maximum atomic E-state index is 9.13. The molecule has 0 aliphatic rings. The fourth-order valence-electron chi connectivity index (χ4n) is 2.03. The zero-order chi connectivity index (χ0) is 15.1. The summed E-state index contributed by atoms with van der Waals surface area (Å²) in [5.74, 6) is 0.811. The van der Waals surface area contributed by atoms with E-state index >= 15 is 0 Å². The third kappa shape index (κ3) is 3.52. The van der Waals surface area contributed by atoms with Gasteiger partial charge in [0.1, 0.15) is 17.9 Å². The van der Waals surface area contributed by atoms with Crippen molar-refractivity contribution in [2.24, 2.45) is 0 Å². The van der Waals surface area contributed by atoms with Crippen molar-refractivity contribution in [1.29, 1.82) is 10.5 Å². The Hall–Kier alpha value is -2.98. The second-order valence-corrected chi connectivity index (χ2v) is 4.39. The molecule has 4 heteroatoms. The van der Waals surface area contributed by atoms with E-state index in [1.807, 2.05) is 31.2 Å². The van der Waals surface area contributed by atoms with Crippen LogP contribution in [0.5, 0.6) is 5.75 Å². The van der Waals surface area contributed by atoms with Crippen LogP contribution in [0.25, 0.3) is 0 Å². The van der Waals surface area contributed by atoms with Gasteiger partial charge < -0.3 is 10.1 Å². The number of para-hydroxylation sites is 1. The molecule has 0 saturated heterocycles. The third-order valence-electron chi connectivity index (χ3n) is 2.98. The summed E-state index contributed by atoms with van der Waals surface area (Å²) in [5, 5.41) is 21.4. The zero-order valence-electron chi connectivity index (χ0n) is 11.8. The molecule has 0 saturated carbocycles. The quantitative estimate of drug-likeness (QED) is 0.909. The summed E-state index contributed by atoms with van der Waals surface area (Å²) in [7, 11) is 0. The number of hydrogen-bond donors (Lipinski definition) is 1. The number of rotatable bonds is 5. The van der Waals surface area contributed by atoms with Gasteiger partial charge in [-0.05, 0) is 36.8 Å². The number of nitrogens with one attached hydrogen (secondary N) is 1. The fraction of sp³-hybridized carbons (Fsp3) is 0.176. The van der Waals surface area contributed by atoms with E-state index in [2.05, 4.69) is 17.5 Å². The van der Waals surface area contributed by atoms with E-state index in [-0.39, 0.29) is 0 Å². The monoisotopic (exact) mass is 277 g/mol. The van der Waals surface area contributed by atoms with Gasteiger partial charge in [0.25, 0.3) is 0 Å². The predicted molar refractivity (Wildman–Crippen MR) is 80.8 cm³/mol. The standard InChI is InChI=1S/C17H15N3O/c1-2-21-16-8-3-5-13(9-16)12-20-17-14(10-18)6-4-7-15(17)11-19/h3-9,20H,2,12H2,1H3. The molecule has 0 atom stereocenters. The Labute approximate surface area is 124 Å². The molecule has 2 aromatic rings. The van der Waals surface area contributed by atoms with Crippen LogP contribution in [0.3, 0.4) is 0 Å². The van der Waals surface area contributed by atoms with Gasteiger partial charge in [-0.25, -0.2) is 0 Å². The molecule has 0 aliphatic carbocycles. The van der Waals surface area contributed by atoms with E-state index < -0.39 is 0 Å². The summed E-state index contributed by atoms with van der Waals surface area (Å²) in [6.07, 6.45) is 0. The number of nitriles is 2. The van der Waals surface area contributed by atoms with Gasteiger partial charge in [0.2, 0.25) is 0 Å². The van der Waals surface area contributed by atoms with Gasteiger partial charge >= 0.3 is 0 Å². The molecule has 1 N–H and O–H groups in total. The molecule has 104 valence electrons. The Morgan fingerprint density at radius 3 is 2.33 bits per heavy atom. The zero-order valence-corrected chi connectivity index (χ0v) is 11.8. The largest absolute Gasteiger partial charge is 0.494 e. The van der Waals surface area contributed by atoms with Crippen LogP contribution in [-0.2, 0) is 6.54 Å². The number of hydrogen-bond acceptors (Lipinski definition) is 4. The Morgan fingerprint density at radius 1 is 1.05 bits per heavy atom. The highest BCUT2D eigenvalue weighted by Gasteiger charge is 2.07. The molecule has 0 bridgehead atoms. The minimum atomic E-state index is 0.468. The molecule has 0 aromatic heterocycles. The maximum absolute atomic E-state index is 9.13. The van der Waals surface area contributed by atoms with Crippen LogP contribution < -0.4 is 10.1 Å². The van der Waals surface area contributed by atoms with E-state index in [1.54, 1.807) is 18.2 Å². The lowest BCUT2D eigenvalue weighted by molar-refractivity contribution is 0.340. The molecule has 21 heavy (non-hydrogen) atoms. The summed E-state index contributed by atoms with van der Waals surface area (Å²) in [6.45, 7) is 3.08. The molecule has 2 aromatic carbocycles. The van der Waals surface area contributed by atoms with Crippen molar-refractivity contribution in [3.63, 3.8) is 0 Å². The van der Waals surface area contributed by atoms with Crippen LogP contribution in [0.4, 0.5) is 5.69 Å². The van der Waals surface area contributed by atoms with Crippen molar-refractivity contribution in [3.8, 4) is 17.9 Å². The van der Waals surface area contributed by atoms with Crippen molar-refractivity contribution in [2.75, 3.05) is 11.9 Å². The topological polar surface area (TPSA) is 68.8 Å². The normalized spacial score (nSPS) is 9.48. The highest BCUT2D eigenvalue weighted by Crippen LogP contribution is 2.21. The van der Waals surface area contributed by atoms with Crippen LogP contribution >= 0.6 is 0 Å². The predicted octanol–water partition coefficient (Wildman–Crippen LogP) is 3.44. The molecule has 0 unspecified atom stereocenters. The molecule has 0 heterocycles. The molecule has 0 amide bonds. The van der Waals surface area contributed by atoms with Crippen LogP contribution in [0.15, 0.2) is 42.5 Å². The van der Waals surface area contributed by atoms with Crippen molar-refractivity contribution in [2.45, 2.75) is 13.5 Å². The maximum Gasteiger partial charge on any atom is 0.119 e. The first-order valence-corrected chi connectivity index (χ1v) is 6.67. The molecule has 2 rings (SSSR count). The lowest BCUT2D eigenvalue weighted by atomic mass is 10.1. The second kappa shape index (κ2) is 6.98. The first kappa shape index (κ1) is 14.4. The molecular weight excluding hydrogens is 262 g/mol. The number of ether oxygens (including phenoxy) is 1. The second-order valence-electron chi connectivity index (χ2n) is 4.39. The van der Waals surface area contributed by atoms with Gasteiger partial charge in [-0.15, -0.1) is 0 Å². The smallest absolute Gasteiger partial charge is 0.119 e. The number of benzene rings is 2. The average molecular weight is 277 g/mol. The molecule has 0 aliphatic heterocycles. The Balaban J connectivity index is 2.19. The number of nitrogens with zero attached hydrogens (tertiary/aromatic N) is 2. The summed E-state index contributed by atoms with van der Waals surface area (Å²) in [4.78, 5) is 0. The van der Waals surface area contributed by atoms with Crippen molar-refractivity contribution < 1.29 is 4.74 Å². The van der Waals surface area contributed by atoms with E-state index in [0.717, 1.165) is 11.3 Å². The minimum Gasteiger partial charge on any atom is -0.494 e. The van der Waals surface area contributed by atoms with Gasteiger partial charge in [0.15, 0.2) is 0 Å². The van der Waals surface area contributed by atoms with Crippen molar-refractivity contribution >= 4 is 5.69 Å². The molecule has 0 fully saturated rings. The lowest BCUT2D eigenvalue weighted by Crippen LogP contribution is -2.04. The summed E-state index contributed by atoms with van der Waals surface area (Å²) < 4.78 is 5.46. The molecular formula is C17H15N3O. The van der Waals surface area contributed by atoms with Gasteiger partial charge in [-0.1, -0.05) is 18.2 Å². The van der Waals surface area contributed by atoms with E-state index in [4.69, 9.17) is 15.3 Å². The minimum absolute atomic E-state index is 0.468. The highest BCUT2D eigenvalue weighted by atomic mass is 16.5. The van der Waals surface area contributed by atoms with E-state index in [0.29, 0.717) is 30.0 Å². The molecule has 0 radical (unpaired) electrons. The fourth-order valence-corrected chi connectivity index (χ4v) is 2.03.